The molecule has 0 bridgehead atoms. The molecule has 0 radical (unpaired) electrons. The van der Waals surface area contributed by atoms with E-state index < -0.39 is 10.4 Å². The third-order valence-corrected chi connectivity index (χ3v) is 5.20. The van der Waals surface area contributed by atoms with E-state index in [4.69, 9.17) is 22.3 Å². The summed E-state index contributed by atoms with van der Waals surface area (Å²) in [5, 5.41) is 0. The molecule has 0 atom stereocenters. The molecule has 10 heteroatoms. The third-order valence-electron chi connectivity index (χ3n) is 5.20. The molecule has 0 N–H and O–H groups in total. The monoisotopic (exact) mass is 524 g/mol. The van der Waals surface area contributed by atoms with E-state index in [9.17, 15) is 9.59 Å². The minimum atomic E-state index is -5.17. The predicted molar refractivity (Wildman–Crippen MR) is 125 cm³/mol. The van der Waals surface area contributed by atoms with Gasteiger partial charge >= 0.3 is 71.1 Å². The summed E-state index contributed by atoms with van der Waals surface area (Å²) in [6.45, 7) is 4.47. The van der Waals surface area contributed by atoms with Crippen molar-refractivity contribution < 1.29 is 91.0 Å². The molecule has 0 rings (SSSR count). The second-order valence-electron chi connectivity index (χ2n) is 8.41. The minimum absolute atomic E-state index is 0. The zero-order valence-corrected chi connectivity index (χ0v) is 27.2. The Balaban J connectivity index is -0.000000578. The van der Waals surface area contributed by atoms with Gasteiger partial charge in [-0.1, -0.05) is 117 Å². The first-order valence-corrected chi connectivity index (χ1v) is 13.9. The maximum Gasteiger partial charge on any atom is 1.00 e. The molecular weight excluding hydrogens is 478 g/mol. The van der Waals surface area contributed by atoms with Crippen LogP contribution >= 0.6 is 0 Å². The molecule has 0 saturated heterocycles. The van der Waals surface area contributed by atoms with Crippen molar-refractivity contribution in [3.05, 3.63) is 0 Å². The molecule has 0 heterocycles. The Morgan fingerprint density at radius 3 is 0.971 bits per heavy atom. The number of esters is 2. The zero-order valence-electron chi connectivity index (χ0n) is 22.4. The Morgan fingerprint density at radius 2 is 0.735 bits per heavy atom. The van der Waals surface area contributed by atoms with Gasteiger partial charge in [-0.25, -0.2) is 0 Å². The Kier molecular flexibility index (Phi) is 39.7. The van der Waals surface area contributed by atoms with Gasteiger partial charge in [0.1, 0.15) is 0 Å². The van der Waals surface area contributed by atoms with Gasteiger partial charge in [-0.3, -0.25) is 18.0 Å². The fourth-order valence-corrected chi connectivity index (χ4v) is 3.39. The van der Waals surface area contributed by atoms with Gasteiger partial charge < -0.3 is 13.8 Å². The first kappa shape index (κ1) is 42.1. The fraction of sp³-hybridized carbons (Fsp3) is 0.917. The van der Waals surface area contributed by atoms with Crippen LogP contribution in [0.2, 0.25) is 0 Å². The van der Waals surface area contributed by atoms with Crippen molar-refractivity contribution in [2.75, 3.05) is 0 Å². The molecule has 0 amide bonds. The van der Waals surface area contributed by atoms with Gasteiger partial charge in [0.2, 0.25) is 0 Å². The number of unbranched alkanes of at least 4 members (excludes halogenated alkanes) is 16. The number of rotatable bonds is 20. The van der Waals surface area contributed by atoms with Gasteiger partial charge in [-0.05, 0) is 12.8 Å². The molecule has 0 aliphatic rings. The smallest absolute Gasteiger partial charge is 0.759 e. The van der Waals surface area contributed by atoms with Crippen LogP contribution in [0, 0.1) is 0 Å². The van der Waals surface area contributed by atoms with Gasteiger partial charge in [-0.15, -0.1) is 0 Å². The second-order valence-corrected chi connectivity index (χ2v) is 9.23. The summed E-state index contributed by atoms with van der Waals surface area (Å²) in [7, 11) is -5.17. The minimum Gasteiger partial charge on any atom is -0.759 e. The van der Waals surface area contributed by atoms with Crippen molar-refractivity contribution in [3.8, 4) is 0 Å². The number of hydrogen-bond acceptors (Lipinski definition) is 7. The summed E-state index contributed by atoms with van der Waals surface area (Å²) in [5.74, 6) is -0.669. The topological polar surface area (TPSA) is 124 Å². The van der Waals surface area contributed by atoms with Crippen LogP contribution in [0.15, 0.2) is 0 Å². The summed E-state index contributed by atoms with van der Waals surface area (Å²) in [4.78, 5) is 23.4. The molecular formula is C24H46Na2O7S. The molecule has 0 fully saturated rings. The fourth-order valence-electron chi connectivity index (χ4n) is 3.39. The molecule has 0 aromatic carbocycles. The number of carbonyl (C=O) groups is 2. The maximum absolute atomic E-state index is 11.7. The Bertz CT molecular complexity index is 503. The third kappa shape index (κ3) is 46.4. The Morgan fingerprint density at radius 1 is 0.529 bits per heavy atom. The Hall–Kier alpha value is 1.01. The summed E-state index contributed by atoms with van der Waals surface area (Å²) in [6.07, 6.45) is 22.8. The van der Waals surface area contributed by atoms with Gasteiger partial charge in [0.05, 0.1) is 0 Å². The largest absolute Gasteiger partial charge is 1.00 e. The number of carbonyl (C=O) groups excluding carboxylic acids is 2. The van der Waals surface area contributed by atoms with E-state index in [1.165, 1.54) is 89.9 Å². The van der Waals surface area contributed by atoms with Gasteiger partial charge in [-0.2, -0.15) is 0 Å². The average molecular weight is 525 g/mol. The van der Waals surface area contributed by atoms with Crippen molar-refractivity contribution in [2.45, 2.75) is 142 Å². The number of hydrogen-bond donors (Lipinski definition) is 0. The van der Waals surface area contributed by atoms with E-state index in [1.807, 2.05) is 0 Å². The number of ether oxygens (including phenoxy) is 1. The molecule has 7 nitrogen and oxygen atoms in total. The molecule has 0 spiro atoms. The second kappa shape index (κ2) is 32.0. The molecule has 0 aliphatic carbocycles. The standard InChI is InChI=1S/C24H46O3.2Na.H2O4S/c1-3-5-7-9-11-13-15-17-19-21-23(25)27-24(26)22-20-18-16-14-12-10-8-6-4-2;;;1-5(2,3)4/h3-22H2,1-2H3;;;(H2,1,2,3,4)/q;2*+1;/p-2. The van der Waals surface area contributed by atoms with E-state index in [1.54, 1.807) is 0 Å². The van der Waals surface area contributed by atoms with Crippen molar-refractivity contribution in [2.24, 2.45) is 0 Å². The van der Waals surface area contributed by atoms with Crippen molar-refractivity contribution in [3.63, 3.8) is 0 Å². The molecule has 0 aromatic rings. The van der Waals surface area contributed by atoms with Crippen LogP contribution in [-0.2, 0) is 24.7 Å². The van der Waals surface area contributed by atoms with Crippen LogP contribution in [0.5, 0.6) is 0 Å². The van der Waals surface area contributed by atoms with Crippen LogP contribution in [0.3, 0.4) is 0 Å². The normalized spacial score (nSPS) is 10.4. The van der Waals surface area contributed by atoms with E-state index in [2.05, 4.69) is 13.8 Å². The predicted octanol–water partition coefficient (Wildman–Crippen LogP) is 0.568. The van der Waals surface area contributed by atoms with Crippen LogP contribution < -0.4 is 59.1 Å². The van der Waals surface area contributed by atoms with Gasteiger partial charge in [0.15, 0.2) is 0 Å². The Labute approximate surface area is 253 Å². The molecule has 34 heavy (non-hydrogen) atoms. The summed E-state index contributed by atoms with van der Waals surface area (Å²) in [6, 6.07) is 0. The van der Waals surface area contributed by atoms with E-state index >= 15 is 0 Å². The first-order valence-electron chi connectivity index (χ1n) is 12.6. The van der Waals surface area contributed by atoms with Crippen LogP contribution in [-0.4, -0.2) is 29.5 Å². The quantitative estimate of drug-likeness (QED) is 0.0570. The SMILES string of the molecule is CCCCCCCCCCCC(=O)OC(=O)CCCCCCCCCCC.O=S(=O)([O-])[O-].[Na+].[Na+]. The van der Waals surface area contributed by atoms with E-state index in [0.717, 1.165) is 25.7 Å². The maximum atomic E-state index is 11.7. The average Bonchev–Trinajstić information content (AvgIpc) is 2.70. The van der Waals surface area contributed by atoms with Crippen LogP contribution in [0.25, 0.3) is 0 Å². The van der Waals surface area contributed by atoms with Crippen molar-refractivity contribution in [1.82, 2.24) is 0 Å². The van der Waals surface area contributed by atoms with Crippen molar-refractivity contribution >= 4 is 22.3 Å². The summed E-state index contributed by atoms with van der Waals surface area (Å²) in [5.41, 5.74) is 0. The van der Waals surface area contributed by atoms with E-state index in [0.29, 0.717) is 12.8 Å². The molecule has 0 aromatic heterocycles. The van der Waals surface area contributed by atoms with Crippen molar-refractivity contribution in [1.29, 1.82) is 0 Å². The summed E-state index contributed by atoms with van der Waals surface area (Å²) >= 11 is 0. The summed E-state index contributed by atoms with van der Waals surface area (Å²) < 4.78 is 39.0. The molecule has 0 unspecified atom stereocenters. The van der Waals surface area contributed by atoms with E-state index in [-0.39, 0.29) is 71.1 Å². The van der Waals surface area contributed by atoms with Crippen LogP contribution in [0.4, 0.5) is 0 Å². The molecule has 0 aliphatic heterocycles. The van der Waals surface area contributed by atoms with Crippen LogP contribution in [0.1, 0.15) is 142 Å². The van der Waals surface area contributed by atoms with Gasteiger partial charge in [0, 0.05) is 23.2 Å². The zero-order chi connectivity index (χ0) is 24.5. The first-order chi connectivity index (χ1) is 15.2. The molecule has 192 valence electrons. The van der Waals surface area contributed by atoms with Gasteiger partial charge in [0.25, 0.3) is 0 Å². The molecule has 0 saturated carbocycles.